The third kappa shape index (κ3) is 2.95. The molecule has 2 aliphatic heterocycles. The van der Waals surface area contributed by atoms with Crippen molar-refractivity contribution in [2.24, 2.45) is 0 Å². The summed E-state index contributed by atoms with van der Waals surface area (Å²) in [4.78, 5) is 5.32. The van der Waals surface area contributed by atoms with Crippen LogP contribution in [-0.4, -0.2) is 42.0 Å². The fraction of sp³-hybridized carbons (Fsp3) is 0.600. The van der Waals surface area contributed by atoms with Crippen molar-refractivity contribution in [2.45, 2.75) is 31.8 Å². The first-order valence-corrected chi connectivity index (χ1v) is 7.81. The molecule has 1 aromatic carbocycles. The summed E-state index contributed by atoms with van der Waals surface area (Å²) in [6, 6.07) is 9.58. The summed E-state index contributed by atoms with van der Waals surface area (Å²) in [7, 11) is 0. The molecule has 2 nitrogen and oxygen atoms in total. The third-order valence-electron chi connectivity index (χ3n) is 4.24. The normalized spacial score (nSPS) is 25.9. The van der Waals surface area contributed by atoms with Crippen molar-refractivity contribution in [1.82, 2.24) is 9.80 Å². The van der Waals surface area contributed by atoms with Gasteiger partial charge in [0.2, 0.25) is 0 Å². The minimum absolute atomic E-state index is 0.822. The van der Waals surface area contributed by atoms with Gasteiger partial charge in [-0.3, -0.25) is 9.80 Å². The Labute approximate surface area is 118 Å². The lowest BCUT2D eigenvalue weighted by Crippen LogP contribution is -2.54. The van der Waals surface area contributed by atoms with Crippen molar-refractivity contribution in [1.29, 1.82) is 0 Å². The molecule has 2 fully saturated rings. The second kappa shape index (κ2) is 5.72. The molecule has 2 saturated heterocycles. The number of halogens is 1. The van der Waals surface area contributed by atoms with E-state index in [1.54, 1.807) is 0 Å². The highest BCUT2D eigenvalue weighted by Gasteiger charge is 2.28. The maximum absolute atomic E-state index is 3.50. The van der Waals surface area contributed by atoms with Crippen LogP contribution in [0.5, 0.6) is 0 Å². The van der Waals surface area contributed by atoms with Crippen LogP contribution in [0.15, 0.2) is 28.7 Å². The Morgan fingerprint density at radius 2 is 1.89 bits per heavy atom. The molecule has 0 saturated carbocycles. The summed E-state index contributed by atoms with van der Waals surface area (Å²) in [5.74, 6) is 0. The molecule has 1 unspecified atom stereocenters. The summed E-state index contributed by atoms with van der Waals surface area (Å²) < 4.78 is 1.17. The van der Waals surface area contributed by atoms with E-state index >= 15 is 0 Å². The van der Waals surface area contributed by atoms with Gasteiger partial charge in [-0.1, -0.05) is 34.5 Å². The van der Waals surface area contributed by atoms with E-state index in [2.05, 4.69) is 50.0 Å². The second-order valence-electron chi connectivity index (χ2n) is 5.55. The molecule has 2 heterocycles. The second-order valence-corrected chi connectivity index (χ2v) is 6.46. The number of hydrogen-bond donors (Lipinski definition) is 0. The van der Waals surface area contributed by atoms with Crippen molar-refractivity contribution in [2.75, 3.05) is 26.2 Å². The Kier molecular flexibility index (Phi) is 4.02. The Hall–Kier alpha value is -0.380. The summed E-state index contributed by atoms with van der Waals surface area (Å²) in [6.45, 7) is 6.19. The molecular weight excluding hydrogens is 288 g/mol. The van der Waals surface area contributed by atoms with Crippen molar-refractivity contribution in [3.8, 4) is 0 Å². The van der Waals surface area contributed by atoms with Crippen LogP contribution >= 0.6 is 15.9 Å². The van der Waals surface area contributed by atoms with Gasteiger partial charge < -0.3 is 0 Å². The number of nitrogens with zero attached hydrogens (tertiary/aromatic N) is 2. The van der Waals surface area contributed by atoms with Crippen molar-refractivity contribution in [3.05, 3.63) is 34.3 Å². The minimum atomic E-state index is 0.822. The molecule has 0 aromatic heterocycles. The lowest BCUT2D eigenvalue weighted by atomic mass is 9.99. The molecule has 0 bridgehead atoms. The number of piperazine rings is 1. The molecule has 0 aliphatic carbocycles. The zero-order valence-electron chi connectivity index (χ0n) is 10.8. The van der Waals surface area contributed by atoms with E-state index in [0.717, 1.165) is 12.6 Å². The first kappa shape index (κ1) is 12.6. The van der Waals surface area contributed by atoms with Gasteiger partial charge >= 0.3 is 0 Å². The number of hydrogen-bond acceptors (Lipinski definition) is 2. The van der Waals surface area contributed by atoms with Gasteiger partial charge in [0.1, 0.15) is 0 Å². The van der Waals surface area contributed by atoms with Gasteiger partial charge in [-0.15, -0.1) is 0 Å². The van der Waals surface area contributed by atoms with E-state index in [9.17, 15) is 0 Å². The monoisotopic (exact) mass is 308 g/mol. The molecule has 0 spiro atoms. The summed E-state index contributed by atoms with van der Waals surface area (Å²) >= 11 is 3.50. The maximum atomic E-state index is 3.50. The molecule has 0 amide bonds. The van der Waals surface area contributed by atoms with Gasteiger partial charge in [0.05, 0.1) is 0 Å². The van der Waals surface area contributed by atoms with E-state index < -0.39 is 0 Å². The van der Waals surface area contributed by atoms with Crippen LogP contribution in [-0.2, 0) is 6.54 Å². The largest absolute Gasteiger partial charge is 0.298 e. The number of rotatable bonds is 2. The molecule has 2 aliphatic rings. The topological polar surface area (TPSA) is 6.48 Å². The molecular formula is C15H21BrN2. The Balaban J connectivity index is 1.59. The van der Waals surface area contributed by atoms with Gasteiger partial charge in [0, 0.05) is 36.7 Å². The number of benzene rings is 1. The average Bonchev–Trinajstić information content (AvgIpc) is 2.41. The van der Waals surface area contributed by atoms with Gasteiger partial charge in [-0.05, 0) is 37.1 Å². The molecule has 0 radical (unpaired) electrons. The van der Waals surface area contributed by atoms with Gasteiger partial charge in [-0.25, -0.2) is 0 Å². The van der Waals surface area contributed by atoms with Gasteiger partial charge in [0.15, 0.2) is 0 Å². The van der Waals surface area contributed by atoms with Crippen LogP contribution in [0.1, 0.15) is 24.8 Å². The average molecular weight is 309 g/mol. The molecule has 98 valence electrons. The fourth-order valence-electron chi connectivity index (χ4n) is 3.21. The van der Waals surface area contributed by atoms with E-state index in [4.69, 9.17) is 0 Å². The molecule has 1 aromatic rings. The van der Waals surface area contributed by atoms with Crippen LogP contribution in [0.4, 0.5) is 0 Å². The quantitative estimate of drug-likeness (QED) is 0.828. The number of piperidine rings is 1. The fourth-order valence-corrected chi connectivity index (χ4v) is 3.48. The van der Waals surface area contributed by atoms with Crippen LogP contribution in [0.3, 0.4) is 0 Å². The Bertz CT molecular complexity index is 390. The molecule has 3 heteroatoms. The third-order valence-corrected chi connectivity index (χ3v) is 4.77. The standard InChI is InChI=1S/C15H21BrN2/c16-14-6-4-13(5-7-14)11-17-9-10-18-8-2-1-3-15(18)12-17/h4-7,15H,1-3,8-12H2. The van der Waals surface area contributed by atoms with Crippen LogP contribution < -0.4 is 0 Å². The van der Waals surface area contributed by atoms with Crippen molar-refractivity contribution < 1.29 is 0 Å². The molecule has 3 rings (SSSR count). The molecule has 1 atom stereocenters. The predicted molar refractivity (Wildman–Crippen MR) is 78.6 cm³/mol. The smallest absolute Gasteiger partial charge is 0.0234 e. The molecule has 0 N–H and O–H groups in total. The summed E-state index contributed by atoms with van der Waals surface area (Å²) in [6.07, 6.45) is 4.23. The number of fused-ring (bicyclic) bond motifs is 1. The highest BCUT2D eigenvalue weighted by atomic mass is 79.9. The summed E-state index contributed by atoms with van der Waals surface area (Å²) in [5.41, 5.74) is 1.43. The highest BCUT2D eigenvalue weighted by Crippen LogP contribution is 2.22. The maximum Gasteiger partial charge on any atom is 0.0234 e. The Morgan fingerprint density at radius 1 is 1.06 bits per heavy atom. The van der Waals surface area contributed by atoms with Crippen LogP contribution in [0, 0.1) is 0 Å². The predicted octanol–water partition coefficient (Wildman–Crippen LogP) is 3.12. The zero-order valence-corrected chi connectivity index (χ0v) is 12.4. The van der Waals surface area contributed by atoms with Crippen LogP contribution in [0.25, 0.3) is 0 Å². The first-order chi connectivity index (χ1) is 8.81. The van der Waals surface area contributed by atoms with E-state index in [0.29, 0.717) is 0 Å². The summed E-state index contributed by atoms with van der Waals surface area (Å²) in [5, 5.41) is 0. The van der Waals surface area contributed by atoms with Gasteiger partial charge in [-0.2, -0.15) is 0 Å². The zero-order chi connectivity index (χ0) is 12.4. The molecule has 18 heavy (non-hydrogen) atoms. The lowest BCUT2D eigenvalue weighted by Gasteiger charge is -2.44. The Morgan fingerprint density at radius 3 is 2.72 bits per heavy atom. The minimum Gasteiger partial charge on any atom is -0.298 e. The van der Waals surface area contributed by atoms with Crippen LogP contribution in [0.2, 0.25) is 0 Å². The lowest BCUT2D eigenvalue weighted by molar-refractivity contribution is 0.0457. The van der Waals surface area contributed by atoms with E-state index in [1.807, 2.05) is 0 Å². The highest BCUT2D eigenvalue weighted by molar-refractivity contribution is 9.10. The van der Waals surface area contributed by atoms with Gasteiger partial charge in [0.25, 0.3) is 0 Å². The van der Waals surface area contributed by atoms with Crippen molar-refractivity contribution >= 4 is 15.9 Å². The SMILES string of the molecule is Brc1ccc(CN2CCN3CCCCC3C2)cc1. The first-order valence-electron chi connectivity index (χ1n) is 7.02. The van der Waals surface area contributed by atoms with E-state index in [1.165, 1.54) is 55.5 Å². The van der Waals surface area contributed by atoms with Crippen molar-refractivity contribution in [3.63, 3.8) is 0 Å². The van der Waals surface area contributed by atoms with E-state index in [-0.39, 0.29) is 0 Å².